The van der Waals surface area contributed by atoms with E-state index < -0.39 is 23.4 Å². The second-order valence-corrected chi connectivity index (χ2v) is 6.87. The summed E-state index contributed by atoms with van der Waals surface area (Å²) in [4.78, 5) is 25.8. The summed E-state index contributed by atoms with van der Waals surface area (Å²) in [5.41, 5.74) is 1.95. The zero-order valence-electron chi connectivity index (χ0n) is 15.3. The highest BCUT2D eigenvalue weighted by molar-refractivity contribution is 6.17. The maximum absolute atomic E-state index is 13.7. The third-order valence-electron chi connectivity index (χ3n) is 4.56. The molecule has 6 heteroatoms. The monoisotopic (exact) mass is 370 g/mol. The van der Waals surface area contributed by atoms with Gasteiger partial charge in [0.1, 0.15) is 17.3 Å². The number of rotatable bonds is 5. The van der Waals surface area contributed by atoms with Crippen LogP contribution in [0.2, 0.25) is 0 Å². The van der Waals surface area contributed by atoms with Crippen LogP contribution in [-0.2, 0) is 16.1 Å². The minimum absolute atomic E-state index is 0.0125. The fourth-order valence-electron chi connectivity index (χ4n) is 2.81. The van der Waals surface area contributed by atoms with E-state index in [9.17, 15) is 18.4 Å². The molecule has 2 aromatic carbocycles. The van der Waals surface area contributed by atoms with Gasteiger partial charge in [-0.2, -0.15) is 0 Å². The summed E-state index contributed by atoms with van der Waals surface area (Å²) >= 11 is 0. The lowest BCUT2D eigenvalue weighted by atomic mass is 10.0. The minimum atomic E-state index is -0.725. The molecule has 0 aromatic heterocycles. The Bertz CT molecular complexity index is 911. The normalized spacial score (nSPS) is 14.1. The molecule has 3 rings (SSSR count). The maximum atomic E-state index is 13.7. The van der Waals surface area contributed by atoms with E-state index in [-0.39, 0.29) is 23.5 Å². The largest absolute Gasteiger partial charge is 0.351 e. The Hall–Kier alpha value is -3.02. The molecular formula is C21H20F2N2O2. The third-order valence-corrected chi connectivity index (χ3v) is 4.56. The molecule has 0 bridgehead atoms. The number of amides is 2. The molecule has 140 valence electrons. The molecule has 0 unspecified atom stereocenters. The summed E-state index contributed by atoms with van der Waals surface area (Å²) in [6.45, 7) is 5.63. The van der Waals surface area contributed by atoms with Gasteiger partial charge in [-0.3, -0.25) is 14.5 Å². The molecule has 0 spiro atoms. The molecule has 2 amide bonds. The Labute approximate surface area is 156 Å². The number of hydrogen-bond donors (Lipinski definition) is 1. The molecule has 1 heterocycles. The van der Waals surface area contributed by atoms with Gasteiger partial charge in [0.15, 0.2) is 0 Å². The first-order valence-electron chi connectivity index (χ1n) is 8.65. The van der Waals surface area contributed by atoms with Crippen molar-refractivity contribution in [3.8, 4) is 0 Å². The Morgan fingerprint density at radius 1 is 1.04 bits per heavy atom. The van der Waals surface area contributed by atoms with Crippen LogP contribution in [0.4, 0.5) is 14.5 Å². The lowest BCUT2D eigenvalue weighted by Gasteiger charge is -2.16. The van der Waals surface area contributed by atoms with Crippen LogP contribution in [-0.4, -0.2) is 16.7 Å². The number of benzene rings is 2. The van der Waals surface area contributed by atoms with E-state index >= 15 is 0 Å². The third kappa shape index (κ3) is 3.89. The van der Waals surface area contributed by atoms with Crippen molar-refractivity contribution in [2.24, 2.45) is 0 Å². The van der Waals surface area contributed by atoms with Gasteiger partial charge < -0.3 is 5.32 Å². The number of nitrogens with zero attached hydrogens (tertiary/aromatic N) is 1. The number of carbonyl (C=O) groups is 2. The molecule has 0 atom stereocenters. The first-order valence-corrected chi connectivity index (χ1v) is 8.65. The standard InChI is InChI=1S/C21H20F2N2O2/c1-12(2)15-6-4-14(5-7-15)11-25-20(26)10-19(21(25)27)24-16-8-17(22)13(3)18(23)9-16/h4-10,12,24H,11H2,1-3H3. The van der Waals surface area contributed by atoms with E-state index in [1.165, 1.54) is 12.5 Å². The molecule has 4 nitrogen and oxygen atoms in total. The molecule has 0 saturated carbocycles. The summed E-state index contributed by atoms with van der Waals surface area (Å²) in [5.74, 6) is -2.06. The van der Waals surface area contributed by atoms with Gasteiger partial charge in [-0.05, 0) is 36.1 Å². The van der Waals surface area contributed by atoms with E-state index in [0.29, 0.717) is 5.92 Å². The number of imide groups is 1. The molecular weight excluding hydrogens is 350 g/mol. The van der Waals surface area contributed by atoms with Crippen molar-refractivity contribution in [1.82, 2.24) is 4.90 Å². The van der Waals surface area contributed by atoms with Crippen LogP contribution in [0.3, 0.4) is 0 Å². The van der Waals surface area contributed by atoms with Crippen LogP contribution in [0.25, 0.3) is 0 Å². The fourth-order valence-corrected chi connectivity index (χ4v) is 2.81. The summed E-state index contributed by atoms with van der Waals surface area (Å²) in [6.07, 6.45) is 1.14. The van der Waals surface area contributed by atoms with E-state index in [2.05, 4.69) is 19.2 Å². The first-order chi connectivity index (χ1) is 12.8. The van der Waals surface area contributed by atoms with Gasteiger partial charge in [0.05, 0.1) is 6.54 Å². The van der Waals surface area contributed by atoms with Gasteiger partial charge in [0.2, 0.25) is 0 Å². The SMILES string of the molecule is Cc1c(F)cc(NC2=CC(=O)N(Cc3ccc(C(C)C)cc3)C2=O)cc1F. The summed E-state index contributed by atoms with van der Waals surface area (Å²) in [5, 5.41) is 2.64. The van der Waals surface area contributed by atoms with Crippen LogP contribution in [0, 0.1) is 18.6 Å². The summed E-state index contributed by atoms with van der Waals surface area (Å²) < 4.78 is 27.4. The van der Waals surface area contributed by atoms with Gasteiger partial charge in [-0.1, -0.05) is 38.1 Å². The number of carbonyl (C=O) groups excluding carboxylic acids is 2. The van der Waals surface area contributed by atoms with Gasteiger partial charge in [-0.25, -0.2) is 8.78 Å². The molecule has 0 saturated heterocycles. The second kappa shape index (κ2) is 7.31. The summed E-state index contributed by atoms with van der Waals surface area (Å²) in [7, 11) is 0. The summed E-state index contributed by atoms with van der Waals surface area (Å²) in [6, 6.07) is 9.87. The smallest absolute Gasteiger partial charge is 0.277 e. The highest BCUT2D eigenvalue weighted by Gasteiger charge is 2.31. The van der Waals surface area contributed by atoms with E-state index in [0.717, 1.165) is 28.7 Å². The number of nitrogens with one attached hydrogen (secondary N) is 1. The van der Waals surface area contributed by atoms with Crippen LogP contribution in [0.5, 0.6) is 0 Å². The molecule has 27 heavy (non-hydrogen) atoms. The average molecular weight is 370 g/mol. The van der Waals surface area contributed by atoms with Crippen molar-refractivity contribution in [3.05, 3.63) is 76.5 Å². The molecule has 2 aromatic rings. The van der Waals surface area contributed by atoms with Crippen molar-refractivity contribution < 1.29 is 18.4 Å². The van der Waals surface area contributed by atoms with Gasteiger partial charge in [0, 0.05) is 17.3 Å². The molecule has 1 aliphatic rings. The fraction of sp³-hybridized carbons (Fsp3) is 0.238. The lowest BCUT2D eigenvalue weighted by Crippen LogP contribution is -2.31. The maximum Gasteiger partial charge on any atom is 0.277 e. The Morgan fingerprint density at radius 2 is 1.63 bits per heavy atom. The number of hydrogen-bond acceptors (Lipinski definition) is 3. The van der Waals surface area contributed by atoms with Crippen molar-refractivity contribution in [2.45, 2.75) is 33.2 Å². The van der Waals surface area contributed by atoms with E-state index in [1.807, 2.05) is 24.3 Å². The quantitative estimate of drug-likeness (QED) is 0.800. The molecule has 0 radical (unpaired) electrons. The van der Waals surface area contributed by atoms with Crippen LogP contribution < -0.4 is 5.32 Å². The van der Waals surface area contributed by atoms with Crippen molar-refractivity contribution >= 4 is 17.5 Å². The lowest BCUT2D eigenvalue weighted by molar-refractivity contribution is -0.137. The van der Waals surface area contributed by atoms with Crippen LogP contribution in [0.15, 0.2) is 48.2 Å². The highest BCUT2D eigenvalue weighted by Crippen LogP contribution is 2.23. The Morgan fingerprint density at radius 3 is 2.19 bits per heavy atom. The van der Waals surface area contributed by atoms with E-state index in [4.69, 9.17) is 0 Å². The van der Waals surface area contributed by atoms with Crippen molar-refractivity contribution in [2.75, 3.05) is 5.32 Å². The minimum Gasteiger partial charge on any atom is -0.351 e. The predicted octanol–water partition coefficient (Wildman–Crippen LogP) is 4.26. The number of anilines is 1. The average Bonchev–Trinajstić information content (AvgIpc) is 2.87. The highest BCUT2D eigenvalue weighted by atomic mass is 19.1. The zero-order valence-corrected chi connectivity index (χ0v) is 15.3. The Kier molecular flexibility index (Phi) is 5.08. The predicted molar refractivity (Wildman–Crippen MR) is 98.9 cm³/mol. The van der Waals surface area contributed by atoms with Gasteiger partial charge in [-0.15, -0.1) is 0 Å². The number of halogens is 2. The molecule has 1 N–H and O–H groups in total. The van der Waals surface area contributed by atoms with Gasteiger partial charge in [0.25, 0.3) is 11.8 Å². The van der Waals surface area contributed by atoms with Crippen LogP contribution in [0.1, 0.15) is 36.5 Å². The first kappa shape index (κ1) is 18.8. The second-order valence-electron chi connectivity index (χ2n) is 6.87. The van der Waals surface area contributed by atoms with Crippen LogP contribution >= 0.6 is 0 Å². The van der Waals surface area contributed by atoms with Crippen molar-refractivity contribution in [1.29, 1.82) is 0 Å². The van der Waals surface area contributed by atoms with Gasteiger partial charge >= 0.3 is 0 Å². The molecule has 1 aliphatic heterocycles. The van der Waals surface area contributed by atoms with E-state index in [1.54, 1.807) is 0 Å². The Balaban J connectivity index is 1.73. The zero-order chi connectivity index (χ0) is 19.7. The molecule has 0 aliphatic carbocycles. The topological polar surface area (TPSA) is 49.4 Å². The molecule has 0 fully saturated rings. The van der Waals surface area contributed by atoms with Crippen molar-refractivity contribution in [3.63, 3.8) is 0 Å².